The molecule has 0 aliphatic carbocycles. The van der Waals surface area contributed by atoms with Crippen molar-refractivity contribution in [3.8, 4) is 0 Å². The van der Waals surface area contributed by atoms with Crippen molar-refractivity contribution in [1.82, 2.24) is 5.32 Å². The number of hydrogen-bond donors (Lipinski definition) is 1. The summed E-state index contributed by atoms with van der Waals surface area (Å²) in [6.45, 7) is 14.2. The molecule has 0 spiro atoms. The lowest BCUT2D eigenvalue weighted by molar-refractivity contribution is -0.141. The first kappa shape index (κ1) is 15.4. The zero-order valence-electron chi connectivity index (χ0n) is 12.0. The first-order chi connectivity index (χ1) is 7.02. The second-order valence-electron chi connectivity index (χ2n) is 6.28. The summed E-state index contributed by atoms with van der Waals surface area (Å²) < 4.78 is 5.18. The summed E-state index contributed by atoms with van der Waals surface area (Å²) in [7, 11) is 1.56. The maximum Gasteiger partial charge on any atom is 0.251 e. The molecule has 0 aliphatic heterocycles. The fraction of sp³-hybridized carbons (Fsp3) is 0.923. The Morgan fingerprint density at radius 3 is 1.81 bits per heavy atom. The van der Waals surface area contributed by atoms with Crippen molar-refractivity contribution in [2.45, 2.75) is 60.1 Å². The molecule has 0 aromatic carbocycles. The molecule has 1 unspecified atom stereocenters. The molecule has 0 rings (SSSR count). The zero-order chi connectivity index (χ0) is 13.1. The average Bonchev–Trinajstić information content (AvgIpc) is 2.11. The van der Waals surface area contributed by atoms with E-state index in [2.05, 4.69) is 39.9 Å². The number of nitrogens with one attached hydrogen (secondary N) is 1. The Bertz CT molecular complexity index is 239. The van der Waals surface area contributed by atoms with Crippen molar-refractivity contribution in [2.75, 3.05) is 7.11 Å². The van der Waals surface area contributed by atoms with E-state index in [9.17, 15) is 4.79 Å². The second-order valence-corrected chi connectivity index (χ2v) is 6.28. The van der Waals surface area contributed by atoms with Crippen molar-refractivity contribution in [2.24, 2.45) is 11.3 Å². The van der Waals surface area contributed by atoms with Crippen LogP contribution in [0.3, 0.4) is 0 Å². The van der Waals surface area contributed by atoms with E-state index < -0.39 is 5.60 Å². The first-order valence-corrected chi connectivity index (χ1v) is 5.88. The molecule has 0 radical (unpaired) electrons. The summed E-state index contributed by atoms with van der Waals surface area (Å²) in [4.78, 5) is 12.0. The van der Waals surface area contributed by atoms with E-state index in [4.69, 9.17) is 4.74 Å². The molecule has 0 aliphatic rings. The number of carbonyl (C=O) groups is 1. The van der Waals surface area contributed by atoms with Crippen LogP contribution in [0, 0.1) is 11.3 Å². The third-order valence-corrected chi connectivity index (χ3v) is 2.94. The van der Waals surface area contributed by atoms with Crippen LogP contribution in [0.1, 0.15) is 48.5 Å². The Kier molecular flexibility index (Phi) is 4.99. The van der Waals surface area contributed by atoms with Gasteiger partial charge in [-0.15, -0.1) is 0 Å². The molecule has 0 aromatic heterocycles. The molecule has 3 nitrogen and oxygen atoms in total. The average molecular weight is 229 g/mol. The van der Waals surface area contributed by atoms with Gasteiger partial charge < -0.3 is 10.1 Å². The summed E-state index contributed by atoms with van der Waals surface area (Å²) in [5.74, 6) is 0.347. The lowest BCUT2D eigenvalue weighted by Crippen LogP contribution is -2.53. The normalized spacial score (nSPS) is 15.1. The van der Waals surface area contributed by atoms with E-state index in [-0.39, 0.29) is 17.4 Å². The van der Waals surface area contributed by atoms with Gasteiger partial charge in [0, 0.05) is 13.2 Å². The van der Waals surface area contributed by atoms with Crippen LogP contribution < -0.4 is 5.32 Å². The smallest absolute Gasteiger partial charge is 0.251 e. The minimum absolute atomic E-state index is 0.0493. The molecule has 0 saturated heterocycles. The largest absolute Gasteiger partial charge is 0.369 e. The van der Waals surface area contributed by atoms with E-state index >= 15 is 0 Å². The van der Waals surface area contributed by atoms with Gasteiger partial charge >= 0.3 is 0 Å². The second kappa shape index (κ2) is 5.17. The number of hydrogen-bond acceptors (Lipinski definition) is 2. The number of rotatable bonds is 4. The Morgan fingerprint density at radius 1 is 1.12 bits per heavy atom. The highest BCUT2D eigenvalue weighted by atomic mass is 16.5. The quantitative estimate of drug-likeness (QED) is 0.804. The summed E-state index contributed by atoms with van der Waals surface area (Å²) >= 11 is 0. The Hall–Kier alpha value is -0.570. The van der Waals surface area contributed by atoms with Crippen LogP contribution in [0.2, 0.25) is 0 Å². The molecule has 0 aromatic rings. The fourth-order valence-corrected chi connectivity index (χ4v) is 1.79. The van der Waals surface area contributed by atoms with E-state index in [1.807, 2.05) is 0 Å². The number of ether oxygens (including phenoxy) is 1. The monoisotopic (exact) mass is 229 g/mol. The molecule has 1 N–H and O–H groups in total. The molecule has 3 heteroatoms. The minimum Gasteiger partial charge on any atom is -0.369 e. The van der Waals surface area contributed by atoms with Crippen molar-refractivity contribution in [1.29, 1.82) is 0 Å². The maximum absolute atomic E-state index is 12.0. The van der Waals surface area contributed by atoms with Crippen molar-refractivity contribution in [3.05, 3.63) is 0 Å². The third kappa shape index (κ3) is 4.12. The predicted molar refractivity (Wildman–Crippen MR) is 67.3 cm³/mol. The van der Waals surface area contributed by atoms with Crippen LogP contribution in [0.4, 0.5) is 0 Å². The Morgan fingerprint density at radius 2 is 1.56 bits per heavy atom. The molecule has 1 atom stereocenters. The summed E-state index contributed by atoms with van der Waals surface area (Å²) in [6, 6.07) is 0.148. The lowest BCUT2D eigenvalue weighted by atomic mass is 9.80. The Balaban J connectivity index is 4.74. The van der Waals surface area contributed by atoms with Gasteiger partial charge in [-0.05, 0) is 25.2 Å². The highest BCUT2D eigenvalue weighted by molar-refractivity contribution is 5.84. The summed E-state index contributed by atoms with van der Waals surface area (Å²) in [6.07, 6.45) is 0. The lowest BCUT2D eigenvalue weighted by Gasteiger charge is -2.36. The zero-order valence-corrected chi connectivity index (χ0v) is 12.0. The third-order valence-electron chi connectivity index (χ3n) is 2.94. The van der Waals surface area contributed by atoms with E-state index in [0.717, 1.165) is 0 Å². The fourth-order valence-electron chi connectivity index (χ4n) is 1.79. The van der Waals surface area contributed by atoms with E-state index in [0.29, 0.717) is 5.92 Å². The summed E-state index contributed by atoms with van der Waals surface area (Å²) in [5, 5.41) is 3.08. The van der Waals surface area contributed by atoms with Crippen LogP contribution in [0.5, 0.6) is 0 Å². The highest BCUT2D eigenvalue weighted by Crippen LogP contribution is 2.25. The molecule has 96 valence electrons. The van der Waals surface area contributed by atoms with Crippen molar-refractivity contribution >= 4 is 5.91 Å². The van der Waals surface area contributed by atoms with Gasteiger partial charge in [-0.25, -0.2) is 0 Å². The topological polar surface area (TPSA) is 38.3 Å². The van der Waals surface area contributed by atoms with Gasteiger partial charge in [0.05, 0.1) is 0 Å². The highest BCUT2D eigenvalue weighted by Gasteiger charge is 2.34. The molecule has 0 fully saturated rings. The molecule has 0 heterocycles. The molecular weight excluding hydrogens is 202 g/mol. The Labute approximate surface area is 99.9 Å². The first-order valence-electron chi connectivity index (χ1n) is 5.88. The van der Waals surface area contributed by atoms with Gasteiger partial charge in [-0.1, -0.05) is 34.6 Å². The standard InChI is InChI=1S/C13H27NO2/c1-9(2)10(12(3,4)5)14-11(15)13(6,7)16-8/h9-10H,1-8H3,(H,14,15). The summed E-state index contributed by atoms with van der Waals surface area (Å²) in [5.41, 5.74) is -0.716. The molecule has 0 bridgehead atoms. The van der Waals surface area contributed by atoms with Gasteiger partial charge in [-0.2, -0.15) is 0 Å². The molecule has 16 heavy (non-hydrogen) atoms. The van der Waals surface area contributed by atoms with Crippen LogP contribution >= 0.6 is 0 Å². The van der Waals surface area contributed by atoms with Gasteiger partial charge in [0.25, 0.3) is 5.91 Å². The SMILES string of the molecule is COC(C)(C)C(=O)NC(C(C)C)C(C)(C)C. The van der Waals surface area contributed by atoms with Gasteiger partial charge in [0.15, 0.2) is 0 Å². The molecule has 0 saturated carbocycles. The van der Waals surface area contributed by atoms with E-state index in [1.54, 1.807) is 21.0 Å². The number of amides is 1. The molecule has 1 amide bonds. The predicted octanol–water partition coefficient (Wildman–Crippen LogP) is 2.60. The van der Waals surface area contributed by atoms with Gasteiger partial charge in [-0.3, -0.25) is 4.79 Å². The van der Waals surface area contributed by atoms with Gasteiger partial charge in [0.1, 0.15) is 5.60 Å². The number of methoxy groups -OCH3 is 1. The number of carbonyl (C=O) groups excluding carboxylic acids is 1. The van der Waals surface area contributed by atoms with Crippen LogP contribution in [0.15, 0.2) is 0 Å². The van der Waals surface area contributed by atoms with Crippen molar-refractivity contribution in [3.63, 3.8) is 0 Å². The van der Waals surface area contributed by atoms with Gasteiger partial charge in [0.2, 0.25) is 0 Å². The van der Waals surface area contributed by atoms with Crippen LogP contribution in [-0.2, 0) is 9.53 Å². The maximum atomic E-state index is 12.0. The van der Waals surface area contributed by atoms with Crippen LogP contribution in [0.25, 0.3) is 0 Å². The van der Waals surface area contributed by atoms with Crippen LogP contribution in [-0.4, -0.2) is 24.7 Å². The molecular formula is C13H27NO2. The minimum atomic E-state index is -0.765. The van der Waals surface area contributed by atoms with Crippen molar-refractivity contribution < 1.29 is 9.53 Å². The van der Waals surface area contributed by atoms with E-state index in [1.165, 1.54) is 0 Å².